The fourth-order valence-corrected chi connectivity index (χ4v) is 5.05. The highest BCUT2D eigenvalue weighted by molar-refractivity contribution is 7.99. The molecule has 1 atom stereocenters. The van der Waals surface area contributed by atoms with Gasteiger partial charge in [-0.15, -0.1) is 11.8 Å². The van der Waals surface area contributed by atoms with E-state index in [1.807, 2.05) is 93.6 Å². The van der Waals surface area contributed by atoms with E-state index in [4.69, 9.17) is 23.2 Å². The quantitative estimate of drug-likeness (QED) is 0.307. The van der Waals surface area contributed by atoms with Gasteiger partial charge in [0.15, 0.2) is 0 Å². The molecule has 0 spiro atoms. The minimum absolute atomic E-state index is 0.119. The van der Waals surface area contributed by atoms with Crippen LogP contribution in [0.25, 0.3) is 0 Å². The molecule has 2 amide bonds. The Morgan fingerprint density at radius 1 is 0.917 bits per heavy atom. The first-order valence-corrected chi connectivity index (χ1v) is 13.7. The minimum atomic E-state index is -0.692. The van der Waals surface area contributed by atoms with Gasteiger partial charge in [-0.1, -0.05) is 83.9 Å². The van der Waals surface area contributed by atoms with Crippen molar-refractivity contribution < 1.29 is 9.59 Å². The number of benzene rings is 3. The molecule has 0 bridgehead atoms. The van der Waals surface area contributed by atoms with Crippen molar-refractivity contribution >= 4 is 46.8 Å². The first kappa shape index (κ1) is 28.1. The maximum atomic E-state index is 13.7. The van der Waals surface area contributed by atoms with E-state index >= 15 is 0 Å². The van der Waals surface area contributed by atoms with Gasteiger partial charge in [0.1, 0.15) is 6.04 Å². The number of nitrogens with zero attached hydrogens (tertiary/aromatic N) is 1. The van der Waals surface area contributed by atoms with Crippen molar-refractivity contribution in [1.29, 1.82) is 0 Å². The standard InChI is InChI=1S/C29H32Cl2N2O2S/c1-29(2,3)32-28(35)26(17-21-10-5-4-6-11-21)33(18-23-13-7-8-15-25(23)31)27(34)20-36-19-22-12-9-14-24(30)16-22/h4-16,26H,17-20H2,1-3H3,(H,32,35)/t26-/m1/s1. The molecule has 0 radical (unpaired) electrons. The van der Waals surface area contributed by atoms with E-state index in [2.05, 4.69) is 5.32 Å². The molecular weight excluding hydrogens is 511 g/mol. The number of amides is 2. The normalized spacial score (nSPS) is 12.1. The lowest BCUT2D eigenvalue weighted by Gasteiger charge is -2.34. The molecule has 3 rings (SSSR count). The summed E-state index contributed by atoms with van der Waals surface area (Å²) in [5.41, 5.74) is 2.39. The van der Waals surface area contributed by atoms with Crippen LogP contribution in [0.5, 0.6) is 0 Å². The van der Waals surface area contributed by atoms with Crippen LogP contribution in [0.2, 0.25) is 10.0 Å². The monoisotopic (exact) mass is 542 g/mol. The maximum absolute atomic E-state index is 13.7. The van der Waals surface area contributed by atoms with Crippen molar-refractivity contribution in [1.82, 2.24) is 10.2 Å². The Morgan fingerprint density at radius 2 is 1.58 bits per heavy atom. The van der Waals surface area contributed by atoms with Gasteiger partial charge < -0.3 is 10.2 Å². The lowest BCUT2D eigenvalue weighted by Crippen LogP contribution is -2.54. The molecule has 4 nitrogen and oxygen atoms in total. The smallest absolute Gasteiger partial charge is 0.243 e. The number of thioether (sulfide) groups is 1. The molecule has 3 aromatic carbocycles. The van der Waals surface area contributed by atoms with Gasteiger partial charge in [-0.2, -0.15) is 0 Å². The van der Waals surface area contributed by atoms with Crippen LogP contribution < -0.4 is 5.32 Å². The third-order valence-corrected chi connectivity index (χ3v) is 7.04. The first-order chi connectivity index (χ1) is 17.1. The van der Waals surface area contributed by atoms with E-state index < -0.39 is 11.6 Å². The Hall–Kier alpha value is -2.47. The van der Waals surface area contributed by atoms with E-state index in [1.165, 1.54) is 11.8 Å². The van der Waals surface area contributed by atoms with Gasteiger partial charge in [0.05, 0.1) is 5.75 Å². The molecular formula is C29H32Cl2N2O2S. The summed E-state index contributed by atoms with van der Waals surface area (Å²) in [5, 5.41) is 4.31. The second-order valence-electron chi connectivity index (χ2n) is 9.68. The third-order valence-electron chi connectivity index (χ3n) is 5.45. The molecule has 0 heterocycles. The van der Waals surface area contributed by atoms with Crippen molar-refractivity contribution in [3.05, 3.63) is 106 Å². The molecule has 0 saturated carbocycles. The third kappa shape index (κ3) is 8.88. The van der Waals surface area contributed by atoms with E-state index in [1.54, 1.807) is 11.0 Å². The Balaban J connectivity index is 1.88. The van der Waals surface area contributed by atoms with Gasteiger partial charge in [-0.05, 0) is 55.7 Å². The van der Waals surface area contributed by atoms with Gasteiger partial charge >= 0.3 is 0 Å². The fraction of sp³-hybridized carbons (Fsp3) is 0.310. The second kappa shape index (κ2) is 13.2. The Kier molecular flexibility index (Phi) is 10.3. The molecule has 3 aromatic rings. The maximum Gasteiger partial charge on any atom is 0.243 e. The van der Waals surface area contributed by atoms with Gasteiger partial charge in [0, 0.05) is 34.3 Å². The van der Waals surface area contributed by atoms with Crippen LogP contribution in [-0.4, -0.2) is 34.0 Å². The molecule has 0 aromatic heterocycles. The summed E-state index contributed by atoms with van der Waals surface area (Å²) in [5.74, 6) is 0.563. The average Bonchev–Trinajstić information content (AvgIpc) is 2.82. The lowest BCUT2D eigenvalue weighted by molar-refractivity contribution is -0.140. The number of carbonyl (C=O) groups is 2. The largest absolute Gasteiger partial charge is 0.350 e. The number of hydrogen-bond donors (Lipinski definition) is 1. The first-order valence-electron chi connectivity index (χ1n) is 11.8. The fourth-order valence-electron chi connectivity index (χ4n) is 3.78. The average molecular weight is 544 g/mol. The van der Waals surface area contributed by atoms with Crippen LogP contribution in [0.1, 0.15) is 37.5 Å². The molecule has 1 N–H and O–H groups in total. The van der Waals surface area contributed by atoms with Crippen molar-refractivity contribution in [2.24, 2.45) is 0 Å². The van der Waals surface area contributed by atoms with Crippen molar-refractivity contribution in [3.8, 4) is 0 Å². The predicted octanol–water partition coefficient (Wildman–Crippen LogP) is 6.78. The predicted molar refractivity (Wildman–Crippen MR) is 151 cm³/mol. The van der Waals surface area contributed by atoms with Crippen LogP contribution in [0, 0.1) is 0 Å². The summed E-state index contributed by atoms with van der Waals surface area (Å²) in [4.78, 5) is 28.9. The van der Waals surface area contributed by atoms with Crippen molar-refractivity contribution in [2.75, 3.05) is 5.75 Å². The molecule has 7 heteroatoms. The highest BCUT2D eigenvalue weighted by Crippen LogP contribution is 2.23. The van der Waals surface area contributed by atoms with Crippen LogP contribution in [0.4, 0.5) is 0 Å². The zero-order valence-electron chi connectivity index (χ0n) is 20.8. The number of hydrogen-bond acceptors (Lipinski definition) is 3. The highest BCUT2D eigenvalue weighted by Gasteiger charge is 2.32. The number of rotatable bonds is 10. The molecule has 0 aliphatic carbocycles. The topological polar surface area (TPSA) is 49.4 Å². The summed E-state index contributed by atoms with van der Waals surface area (Å²) in [6.07, 6.45) is 0.401. The number of halogens is 2. The van der Waals surface area contributed by atoms with Gasteiger partial charge in [0.2, 0.25) is 11.8 Å². The van der Waals surface area contributed by atoms with Crippen molar-refractivity contribution in [2.45, 2.75) is 51.1 Å². The van der Waals surface area contributed by atoms with Crippen molar-refractivity contribution in [3.63, 3.8) is 0 Å². The minimum Gasteiger partial charge on any atom is -0.350 e. The highest BCUT2D eigenvalue weighted by atomic mass is 35.5. The Labute approximate surface area is 228 Å². The number of carbonyl (C=O) groups excluding carboxylic acids is 2. The second-order valence-corrected chi connectivity index (χ2v) is 11.5. The zero-order chi connectivity index (χ0) is 26.1. The van der Waals surface area contributed by atoms with Crippen LogP contribution in [0.15, 0.2) is 78.9 Å². The van der Waals surface area contributed by atoms with Gasteiger partial charge in [-0.25, -0.2) is 0 Å². The van der Waals surface area contributed by atoms with E-state index in [-0.39, 0.29) is 24.1 Å². The zero-order valence-corrected chi connectivity index (χ0v) is 23.2. The van der Waals surface area contributed by atoms with Crippen LogP contribution in [-0.2, 0) is 28.3 Å². The molecule has 0 aliphatic rings. The molecule has 0 aliphatic heterocycles. The summed E-state index contributed by atoms with van der Waals surface area (Å²) in [7, 11) is 0. The summed E-state index contributed by atoms with van der Waals surface area (Å²) < 4.78 is 0. The van der Waals surface area contributed by atoms with Gasteiger partial charge in [-0.3, -0.25) is 9.59 Å². The summed E-state index contributed by atoms with van der Waals surface area (Å²) >= 11 is 14.1. The molecule has 190 valence electrons. The molecule has 36 heavy (non-hydrogen) atoms. The Bertz CT molecular complexity index is 1170. The Morgan fingerprint density at radius 3 is 2.25 bits per heavy atom. The van der Waals surface area contributed by atoms with Crippen LogP contribution in [0.3, 0.4) is 0 Å². The molecule has 0 unspecified atom stereocenters. The van der Waals surface area contributed by atoms with Gasteiger partial charge in [0.25, 0.3) is 0 Å². The van der Waals surface area contributed by atoms with E-state index in [0.717, 1.165) is 16.7 Å². The molecule has 0 saturated heterocycles. The lowest BCUT2D eigenvalue weighted by atomic mass is 10.0. The van der Waals surface area contributed by atoms with E-state index in [0.29, 0.717) is 22.2 Å². The number of nitrogens with one attached hydrogen (secondary N) is 1. The summed E-state index contributed by atoms with van der Waals surface area (Å²) in [6.45, 7) is 6.05. The van der Waals surface area contributed by atoms with Crippen LogP contribution >= 0.6 is 35.0 Å². The van der Waals surface area contributed by atoms with E-state index in [9.17, 15) is 9.59 Å². The summed E-state index contributed by atoms with van der Waals surface area (Å²) in [6, 6.07) is 24.1. The SMILES string of the molecule is CC(C)(C)NC(=O)[C@@H](Cc1ccccc1)N(Cc1ccccc1Cl)C(=O)CSCc1cccc(Cl)c1. The molecule has 0 fully saturated rings.